The Morgan fingerprint density at radius 3 is 2.71 bits per heavy atom. The van der Waals surface area contributed by atoms with Crippen molar-refractivity contribution in [2.75, 3.05) is 13.2 Å². The van der Waals surface area contributed by atoms with Crippen molar-refractivity contribution in [3.05, 3.63) is 29.8 Å². The van der Waals surface area contributed by atoms with Crippen molar-refractivity contribution in [1.29, 1.82) is 0 Å². The average molecular weight is 333 g/mol. The number of carbonyl (C=O) groups is 2. The molecule has 132 valence electrons. The predicted molar refractivity (Wildman–Crippen MR) is 92.2 cm³/mol. The number of hydrogen-bond donors (Lipinski definition) is 1. The van der Waals surface area contributed by atoms with Gasteiger partial charge in [-0.3, -0.25) is 9.59 Å². The molecule has 3 atom stereocenters. The van der Waals surface area contributed by atoms with Crippen LogP contribution in [0.2, 0.25) is 0 Å². The van der Waals surface area contributed by atoms with Crippen molar-refractivity contribution in [3.63, 3.8) is 0 Å². The number of para-hydroxylation sites is 1. The molecule has 0 radical (unpaired) electrons. The van der Waals surface area contributed by atoms with Crippen LogP contribution in [-0.4, -0.2) is 41.1 Å². The maximum Gasteiger partial charge on any atom is 0.308 e. The first-order valence-corrected chi connectivity index (χ1v) is 8.68. The molecular weight excluding hydrogens is 306 g/mol. The predicted octanol–water partition coefficient (Wildman–Crippen LogP) is 3.29. The zero-order valence-electron chi connectivity index (χ0n) is 14.7. The van der Waals surface area contributed by atoms with Crippen LogP contribution in [-0.2, 0) is 9.59 Å². The number of carboxylic acid groups (broad SMARTS) is 1. The molecule has 1 aliphatic heterocycles. The summed E-state index contributed by atoms with van der Waals surface area (Å²) in [5.74, 6) is -0.353. The van der Waals surface area contributed by atoms with Gasteiger partial charge in [0.2, 0.25) is 0 Å². The summed E-state index contributed by atoms with van der Waals surface area (Å²) < 4.78 is 5.78. The smallest absolute Gasteiger partial charge is 0.308 e. The summed E-state index contributed by atoms with van der Waals surface area (Å²) in [5.41, 5.74) is 1.10. The fourth-order valence-corrected chi connectivity index (χ4v) is 3.12. The van der Waals surface area contributed by atoms with E-state index in [2.05, 4.69) is 13.8 Å². The molecule has 0 aromatic heterocycles. The molecule has 0 saturated carbocycles. The lowest BCUT2D eigenvalue weighted by atomic mass is 9.93. The standard InChI is InChI=1S/C19H27NO4/c1-4-13(2)16-7-5-6-8-17(16)24-12-18(21)20-11-15(19(22)23)10-9-14(20)3/h5-8,13-15H,4,9-12H2,1-3H3,(H,22,23). The van der Waals surface area contributed by atoms with Crippen molar-refractivity contribution < 1.29 is 19.4 Å². The molecule has 0 spiro atoms. The summed E-state index contributed by atoms with van der Waals surface area (Å²) in [6.45, 7) is 6.43. The van der Waals surface area contributed by atoms with E-state index in [-0.39, 0.29) is 25.1 Å². The van der Waals surface area contributed by atoms with Crippen LogP contribution < -0.4 is 4.74 Å². The minimum atomic E-state index is -0.831. The van der Waals surface area contributed by atoms with Crippen LogP contribution in [0, 0.1) is 5.92 Å². The highest BCUT2D eigenvalue weighted by Gasteiger charge is 2.32. The van der Waals surface area contributed by atoms with Gasteiger partial charge in [-0.15, -0.1) is 0 Å². The number of piperidine rings is 1. The highest BCUT2D eigenvalue weighted by Crippen LogP contribution is 2.28. The summed E-state index contributed by atoms with van der Waals surface area (Å²) >= 11 is 0. The zero-order valence-corrected chi connectivity index (χ0v) is 14.7. The summed E-state index contributed by atoms with van der Waals surface area (Å²) in [7, 11) is 0. The third kappa shape index (κ3) is 4.28. The molecule has 1 aromatic carbocycles. The average Bonchev–Trinajstić information content (AvgIpc) is 2.59. The highest BCUT2D eigenvalue weighted by atomic mass is 16.5. The van der Waals surface area contributed by atoms with E-state index in [4.69, 9.17) is 4.74 Å². The number of ether oxygens (including phenoxy) is 1. The number of carbonyl (C=O) groups excluding carboxylic acids is 1. The molecule has 1 aliphatic rings. The van der Waals surface area contributed by atoms with Crippen LogP contribution >= 0.6 is 0 Å². The quantitative estimate of drug-likeness (QED) is 0.867. The first-order chi connectivity index (χ1) is 11.4. The number of benzene rings is 1. The van der Waals surface area contributed by atoms with Gasteiger partial charge in [0.1, 0.15) is 5.75 Å². The van der Waals surface area contributed by atoms with Gasteiger partial charge in [-0.25, -0.2) is 0 Å². The summed E-state index contributed by atoms with van der Waals surface area (Å²) in [5, 5.41) is 9.19. The maximum atomic E-state index is 12.5. The van der Waals surface area contributed by atoms with Gasteiger partial charge in [-0.05, 0) is 43.7 Å². The van der Waals surface area contributed by atoms with Gasteiger partial charge in [0.15, 0.2) is 6.61 Å². The fourth-order valence-electron chi connectivity index (χ4n) is 3.12. The van der Waals surface area contributed by atoms with Crippen molar-refractivity contribution in [2.45, 2.75) is 52.0 Å². The molecule has 5 heteroatoms. The lowest BCUT2D eigenvalue weighted by molar-refractivity contribution is -0.147. The third-order valence-electron chi connectivity index (χ3n) is 4.97. The molecule has 1 N–H and O–H groups in total. The number of nitrogens with zero attached hydrogens (tertiary/aromatic N) is 1. The molecule has 0 aliphatic carbocycles. The molecule has 1 aromatic rings. The fraction of sp³-hybridized carbons (Fsp3) is 0.579. The van der Waals surface area contributed by atoms with E-state index in [1.54, 1.807) is 4.90 Å². The number of likely N-dealkylation sites (tertiary alicyclic amines) is 1. The Kier molecular flexibility index (Phi) is 6.23. The Hall–Kier alpha value is -2.04. The van der Waals surface area contributed by atoms with Gasteiger partial charge < -0.3 is 14.7 Å². The molecule has 0 bridgehead atoms. The van der Waals surface area contributed by atoms with Crippen molar-refractivity contribution in [1.82, 2.24) is 4.90 Å². The molecule has 1 saturated heterocycles. The normalized spacial score (nSPS) is 22.0. The first kappa shape index (κ1) is 18.3. The molecular formula is C19H27NO4. The van der Waals surface area contributed by atoms with Crippen LogP contribution in [0.4, 0.5) is 0 Å². The Bertz CT molecular complexity index is 586. The second-order valence-electron chi connectivity index (χ2n) is 6.64. The molecule has 1 heterocycles. The number of rotatable bonds is 6. The molecule has 1 amide bonds. The molecule has 5 nitrogen and oxygen atoms in total. The van der Waals surface area contributed by atoms with Crippen LogP contribution in [0.25, 0.3) is 0 Å². The van der Waals surface area contributed by atoms with Gasteiger partial charge in [0, 0.05) is 12.6 Å². The van der Waals surface area contributed by atoms with Gasteiger partial charge in [-0.2, -0.15) is 0 Å². The highest BCUT2D eigenvalue weighted by molar-refractivity contribution is 5.79. The topological polar surface area (TPSA) is 66.8 Å². The van der Waals surface area contributed by atoms with Crippen LogP contribution in [0.3, 0.4) is 0 Å². The largest absolute Gasteiger partial charge is 0.483 e. The van der Waals surface area contributed by atoms with Crippen LogP contribution in [0.5, 0.6) is 5.75 Å². The zero-order chi connectivity index (χ0) is 17.7. The lowest BCUT2D eigenvalue weighted by Crippen LogP contribution is -2.49. The van der Waals surface area contributed by atoms with E-state index >= 15 is 0 Å². The Balaban J connectivity index is 2.01. The second kappa shape index (κ2) is 8.18. The number of aliphatic carboxylic acids is 1. The van der Waals surface area contributed by atoms with Gasteiger partial charge in [-0.1, -0.05) is 32.0 Å². The van der Waals surface area contributed by atoms with Crippen molar-refractivity contribution in [3.8, 4) is 5.75 Å². The Labute approximate surface area is 143 Å². The third-order valence-corrected chi connectivity index (χ3v) is 4.97. The maximum absolute atomic E-state index is 12.5. The van der Waals surface area contributed by atoms with E-state index in [0.717, 1.165) is 17.7 Å². The van der Waals surface area contributed by atoms with E-state index in [9.17, 15) is 14.7 Å². The first-order valence-electron chi connectivity index (χ1n) is 8.68. The van der Waals surface area contributed by atoms with Crippen LogP contribution in [0.1, 0.15) is 51.5 Å². The lowest BCUT2D eigenvalue weighted by Gasteiger charge is -2.36. The summed E-state index contributed by atoms with van der Waals surface area (Å²) in [4.78, 5) is 25.3. The van der Waals surface area contributed by atoms with Crippen LogP contribution in [0.15, 0.2) is 24.3 Å². The van der Waals surface area contributed by atoms with E-state index in [1.807, 2.05) is 31.2 Å². The van der Waals surface area contributed by atoms with Gasteiger partial charge in [0.05, 0.1) is 5.92 Å². The van der Waals surface area contributed by atoms with Gasteiger partial charge >= 0.3 is 5.97 Å². The SMILES string of the molecule is CCC(C)c1ccccc1OCC(=O)N1CC(C(=O)O)CCC1C. The second-order valence-corrected chi connectivity index (χ2v) is 6.64. The van der Waals surface area contributed by atoms with Gasteiger partial charge in [0.25, 0.3) is 5.91 Å². The van der Waals surface area contributed by atoms with Crippen molar-refractivity contribution >= 4 is 11.9 Å². The van der Waals surface area contributed by atoms with E-state index < -0.39 is 11.9 Å². The Morgan fingerprint density at radius 1 is 1.33 bits per heavy atom. The number of amides is 1. The van der Waals surface area contributed by atoms with E-state index in [0.29, 0.717) is 18.8 Å². The molecule has 2 rings (SSSR count). The number of hydrogen-bond acceptors (Lipinski definition) is 3. The Morgan fingerprint density at radius 2 is 2.04 bits per heavy atom. The summed E-state index contributed by atoms with van der Waals surface area (Å²) in [6.07, 6.45) is 2.34. The molecule has 3 unspecified atom stereocenters. The molecule has 24 heavy (non-hydrogen) atoms. The van der Waals surface area contributed by atoms with E-state index in [1.165, 1.54) is 0 Å². The molecule has 1 fully saturated rings. The number of carboxylic acids is 1. The summed E-state index contributed by atoms with van der Waals surface area (Å²) in [6, 6.07) is 7.84. The van der Waals surface area contributed by atoms with Crippen molar-refractivity contribution in [2.24, 2.45) is 5.92 Å². The minimum absolute atomic E-state index is 0.0515. The minimum Gasteiger partial charge on any atom is -0.483 e. The monoisotopic (exact) mass is 333 g/mol.